The normalized spacial score (nSPS) is 16.2. The van der Waals surface area contributed by atoms with Gasteiger partial charge in [0.15, 0.2) is 12.7 Å². The first kappa shape index (κ1) is 22.0. The summed E-state index contributed by atoms with van der Waals surface area (Å²) in [6.07, 6.45) is 0. The van der Waals surface area contributed by atoms with Crippen LogP contribution in [0.4, 0.5) is 0 Å². The Hall–Kier alpha value is -4.85. The number of hydrogen-bond acceptors (Lipinski definition) is 2. The molecule has 3 heterocycles. The Balaban J connectivity index is 1.47. The van der Waals surface area contributed by atoms with E-state index in [0.29, 0.717) is 0 Å². The van der Waals surface area contributed by atoms with Gasteiger partial charge in [-0.15, -0.1) is 0 Å². The lowest BCUT2D eigenvalue weighted by molar-refractivity contribution is 0.593. The molecule has 40 heavy (non-hydrogen) atoms. The summed E-state index contributed by atoms with van der Waals surface area (Å²) in [5.74, 6) is 0. The van der Waals surface area contributed by atoms with Gasteiger partial charge >= 0.3 is 0 Å². The molecule has 0 radical (unpaired) electrons. The van der Waals surface area contributed by atoms with E-state index in [-0.39, 0.29) is 0 Å². The molecule has 8 aromatic rings. The number of hydrogen-bond donors (Lipinski definition) is 0. The van der Waals surface area contributed by atoms with Gasteiger partial charge in [0.1, 0.15) is 5.58 Å². The Kier molecular flexibility index (Phi) is 4.32. The van der Waals surface area contributed by atoms with E-state index in [1.807, 2.05) is 66.7 Å². The smallest absolute Gasteiger partial charge is 0.172 e. The molecule has 0 saturated carbocycles. The van der Waals surface area contributed by atoms with Crippen molar-refractivity contribution in [1.29, 1.82) is 0 Å². The SMILES string of the molecule is O=P1(c2ccccc2)c2ccccc2-c2ccc3c(c21)c1ccccc1n3-c1cccc2c1oc1ccccc12. The van der Waals surface area contributed by atoms with E-state index in [1.54, 1.807) is 0 Å². The summed E-state index contributed by atoms with van der Waals surface area (Å²) in [7, 11) is -3.14. The van der Waals surface area contributed by atoms with Crippen molar-refractivity contribution in [3.8, 4) is 16.8 Å². The molecule has 2 aromatic heterocycles. The first-order chi connectivity index (χ1) is 19.7. The number of nitrogens with zero attached hydrogens (tertiary/aromatic N) is 1. The van der Waals surface area contributed by atoms with Crippen LogP contribution in [-0.4, -0.2) is 4.57 Å². The van der Waals surface area contributed by atoms with Crippen LogP contribution in [0.15, 0.2) is 138 Å². The van der Waals surface area contributed by atoms with Crippen LogP contribution in [0.1, 0.15) is 0 Å². The molecule has 1 atom stereocenters. The topological polar surface area (TPSA) is 35.1 Å². The van der Waals surface area contributed by atoms with Gasteiger partial charge in [0, 0.05) is 37.5 Å². The maximum Gasteiger partial charge on any atom is 0.172 e. The number of aromatic nitrogens is 1. The Morgan fingerprint density at radius 1 is 0.550 bits per heavy atom. The minimum absolute atomic E-state index is 0.848. The van der Waals surface area contributed by atoms with Gasteiger partial charge in [-0.05, 0) is 35.4 Å². The zero-order valence-corrected chi connectivity index (χ0v) is 22.3. The largest absolute Gasteiger partial charge is 0.454 e. The Bertz CT molecular complexity index is 2360. The molecule has 9 rings (SSSR count). The summed E-state index contributed by atoms with van der Waals surface area (Å²) in [6, 6.07) is 45.5. The van der Waals surface area contributed by atoms with Crippen LogP contribution in [0.2, 0.25) is 0 Å². The molecule has 0 N–H and O–H groups in total. The van der Waals surface area contributed by atoms with Crippen molar-refractivity contribution in [2.45, 2.75) is 0 Å². The average molecular weight is 532 g/mol. The number of para-hydroxylation sites is 3. The third-order valence-corrected chi connectivity index (χ3v) is 11.6. The van der Waals surface area contributed by atoms with E-state index in [0.717, 1.165) is 76.5 Å². The lowest BCUT2D eigenvalue weighted by Gasteiger charge is -2.17. The fourth-order valence-corrected chi connectivity index (χ4v) is 10.0. The van der Waals surface area contributed by atoms with Gasteiger partial charge < -0.3 is 13.5 Å². The molecule has 0 amide bonds. The number of furan rings is 1. The molecule has 0 bridgehead atoms. The number of fused-ring (bicyclic) bond motifs is 10. The molecule has 4 heteroatoms. The second-order valence-electron chi connectivity index (χ2n) is 10.4. The molecule has 0 aliphatic carbocycles. The van der Waals surface area contributed by atoms with Crippen LogP contribution in [-0.2, 0) is 4.57 Å². The maximum atomic E-state index is 15.6. The lowest BCUT2D eigenvalue weighted by Crippen LogP contribution is -2.21. The summed E-state index contributed by atoms with van der Waals surface area (Å²) < 4.78 is 24.3. The summed E-state index contributed by atoms with van der Waals surface area (Å²) in [6.45, 7) is 0. The highest BCUT2D eigenvalue weighted by molar-refractivity contribution is 7.86. The zero-order chi connectivity index (χ0) is 26.4. The molecule has 188 valence electrons. The molecule has 1 aliphatic rings. The van der Waals surface area contributed by atoms with Crippen molar-refractivity contribution in [3.05, 3.63) is 133 Å². The van der Waals surface area contributed by atoms with Crippen molar-refractivity contribution in [1.82, 2.24) is 4.57 Å². The third-order valence-electron chi connectivity index (χ3n) is 8.40. The predicted molar refractivity (Wildman–Crippen MR) is 166 cm³/mol. The van der Waals surface area contributed by atoms with Crippen LogP contribution in [0.3, 0.4) is 0 Å². The predicted octanol–water partition coefficient (Wildman–Crippen LogP) is 8.30. The second-order valence-corrected chi connectivity index (χ2v) is 13.1. The average Bonchev–Trinajstić information content (AvgIpc) is 3.65. The monoisotopic (exact) mass is 531 g/mol. The van der Waals surface area contributed by atoms with Crippen LogP contribution < -0.4 is 15.9 Å². The highest BCUT2D eigenvalue weighted by Crippen LogP contribution is 2.55. The van der Waals surface area contributed by atoms with E-state index in [2.05, 4.69) is 71.3 Å². The van der Waals surface area contributed by atoms with E-state index < -0.39 is 7.14 Å². The van der Waals surface area contributed by atoms with Crippen molar-refractivity contribution >= 4 is 66.8 Å². The quantitative estimate of drug-likeness (QED) is 0.210. The van der Waals surface area contributed by atoms with Crippen molar-refractivity contribution in [2.24, 2.45) is 0 Å². The van der Waals surface area contributed by atoms with Gasteiger partial charge in [0.25, 0.3) is 0 Å². The molecule has 0 saturated heterocycles. The van der Waals surface area contributed by atoms with Crippen LogP contribution >= 0.6 is 7.14 Å². The molecular weight excluding hydrogens is 509 g/mol. The fourth-order valence-electron chi connectivity index (χ4n) is 6.76. The van der Waals surface area contributed by atoms with Crippen molar-refractivity contribution < 1.29 is 8.98 Å². The highest BCUT2D eigenvalue weighted by Gasteiger charge is 2.42. The number of benzene rings is 6. The lowest BCUT2D eigenvalue weighted by atomic mass is 10.0. The molecule has 1 aliphatic heterocycles. The first-order valence-electron chi connectivity index (χ1n) is 13.5. The Morgan fingerprint density at radius 2 is 1.27 bits per heavy atom. The molecule has 1 unspecified atom stereocenters. The van der Waals surface area contributed by atoms with Crippen LogP contribution in [0, 0.1) is 0 Å². The second kappa shape index (κ2) is 7.85. The van der Waals surface area contributed by atoms with E-state index >= 15 is 4.57 Å². The van der Waals surface area contributed by atoms with Gasteiger partial charge in [-0.2, -0.15) is 0 Å². The van der Waals surface area contributed by atoms with Gasteiger partial charge in [0.05, 0.1) is 16.7 Å². The number of rotatable bonds is 2. The molecule has 3 nitrogen and oxygen atoms in total. The minimum Gasteiger partial charge on any atom is -0.454 e. The molecule has 0 fully saturated rings. The maximum absolute atomic E-state index is 15.6. The first-order valence-corrected chi connectivity index (χ1v) is 15.2. The zero-order valence-electron chi connectivity index (χ0n) is 21.4. The standard InChI is InChI=1S/C36H22NO2P/c38-40(23-11-2-1-3-12-23)33-20-9-6-14-25(33)27-21-22-30-34(36(27)40)28-15-4-7-17-29(28)37(30)31-18-10-16-26-24-13-5-8-19-32(24)39-35(26)31/h1-22H. The van der Waals surface area contributed by atoms with Crippen LogP contribution in [0.5, 0.6) is 0 Å². The summed E-state index contributed by atoms with van der Waals surface area (Å²) >= 11 is 0. The van der Waals surface area contributed by atoms with Gasteiger partial charge in [-0.3, -0.25) is 0 Å². The van der Waals surface area contributed by atoms with Gasteiger partial charge in [-0.1, -0.05) is 109 Å². The molecule has 6 aromatic carbocycles. The van der Waals surface area contributed by atoms with Crippen LogP contribution in [0.25, 0.3) is 60.6 Å². The van der Waals surface area contributed by atoms with Crippen molar-refractivity contribution in [3.63, 3.8) is 0 Å². The molecular formula is C36H22NO2P. The highest BCUT2D eigenvalue weighted by atomic mass is 31.2. The van der Waals surface area contributed by atoms with Crippen molar-refractivity contribution in [2.75, 3.05) is 0 Å². The van der Waals surface area contributed by atoms with Gasteiger partial charge in [-0.25, -0.2) is 0 Å². The third kappa shape index (κ3) is 2.68. The fraction of sp³-hybridized carbons (Fsp3) is 0. The Morgan fingerprint density at radius 3 is 2.17 bits per heavy atom. The molecule has 0 spiro atoms. The van der Waals surface area contributed by atoms with E-state index in [9.17, 15) is 0 Å². The van der Waals surface area contributed by atoms with Gasteiger partial charge in [0.2, 0.25) is 0 Å². The van der Waals surface area contributed by atoms with E-state index in [1.165, 1.54) is 0 Å². The van der Waals surface area contributed by atoms with E-state index in [4.69, 9.17) is 4.42 Å². The summed E-state index contributed by atoms with van der Waals surface area (Å²) in [5.41, 5.74) is 6.90. The summed E-state index contributed by atoms with van der Waals surface area (Å²) in [5, 5.41) is 7.04. The Labute approximate surface area is 230 Å². The minimum atomic E-state index is -3.14. The summed E-state index contributed by atoms with van der Waals surface area (Å²) in [4.78, 5) is 0.